The molecule has 0 saturated carbocycles. The molecule has 0 N–H and O–H groups in total. The van der Waals surface area contributed by atoms with Gasteiger partial charge in [0.25, 0.3) is 0 Å². The van der Waals surface area contributed by atoms with Crippen LogP contribution in [0.2, 0.25) is 0 Å². The second-order valence-electron chi connectivity index (χ2n) is 3.66. The van der Waals surface area contributed by atoms with Gasteiger partial charge in [0, 0.05) is 4.90 Å². The number of benzene rings is 1. The zero-order chi connectivity index (χ0) is 12.5. The van der Waals surface area contributed by atoms with Crippen molar-refractivity contribution in [2.24, 2.45) is 0 Å². The molecule has 2 nitrogen and oxygen atoms in total. The van der Waals surface area contributed by atoms with Crippen LogP contribution in [0.5, 0.6) is 0 Å². The molecule has 92 valence electrons. The van der Waals surface area contributed by atoms with E-state index in [1.54, 1.807) is 11.8 Å². The Morgan fingerprint density at radius 1 is 1.47 bits per heavy atom. The minimum Gasteiger partial charge on any atom is -0.468 e. The molecule has 3 heteroatoms. The van der Waals surface area contributed by atoms with Crippen LogP contribution < -0.4 is 0 Å². The van der Waals surface area contributed by atoms with Gasteiger partial charge in [0.15, 0.2) is 0 Å². The molecule has 1 aromatic rings. The van der Waals surface area contributed by atoms with E-state index < -0.39 is 0 Å². The van der Waals surface area contributed by atoms with E-state index in [-0.39, 0.29) is 11.2 Å². The molecule has 0 bridgehead atoms. The van der Waals surface area contributed by atoms with Crippen molar-refractivity contribution in [3.8, 4) is 0 Å². The maximum Gasteiger partial charge on any atom is 0.319 e. The third kappa shape index (κ3) is 5.09. The van der Waals surface area contributed by atoms with Crippen LogP contribution in [-0.4, -0.2) is 18.3 Å². The summed E-state index contributed by atoms with van der Waals surface area (Å²) in [5, 5.41) is -0.123. The lowest BCUT2D eigenvalue weighted by Gasteiger charge is -2.13. The molecule has 0 saturated heterocycles. The summed E-state index contributed by atoms with van der Waals surface area (Å²) in [6.07, 6.45) is 4.59. The molecule has 1 aromatic carbocycles. The average Bonchev–Trinajstić information content (AvgIpc) is 2.38. The van der Waals surface area contributed by atoms with E-state index in [2.05, 4.69) is 6.58 Å². The van der Waals surface area contributed by atoms with E-state index in [9.17, 15) is 4.79 Å². The third-order valence-electron chi connectivity index (χ3n) is 2.36. The fourth-order valence-electron chi connectivity index (χ4n) is 1.47. The van der Waals surface area contributed by atoms with Crippen molar-refractivity contribution in [3.05, 3.63) is 43.0 Å². The summed E-state index contributed by atoms with van der Waals surface area (Å²) in [6, 6.07) is 9.93. The molecule has 0 aliphatic heterocycles. The third-order valence-corrected chi connectivity index (χ3v) is 3.62. The van der Waals surface area contributed by atoms with Crippen LogP contribution in [0.15, 0.2) is 47.9 Å². The van der Waals surface area contributed by atoms with Gasteiger partial charge in [0.1, 0.15) is 5.25 Å². The molecule has 0 heterocycles. The van der Waals surface area contributed by atoms with Crippen molar-refractivity contribution in [2.75, 3.05) is 7.11 Å². The topological polar surface area (TPSA) is 26.3 Å². The van der Waals surface area contributed by atoms with Gasteiger partial charge in [0.05, 0.1) is 7.11 Å². The summed E-state index contributed by atoms with van der Waals surface area (Å²) in [5.41, 5.74) is 0. The number of unbranched alkanes of at least 4 members (excludes halogenated alkanes) is 1. The van der Waals surface area contributed by atoms with Crippen LogP contribution in [0.4, 0.5) is 0 Å². The van der Waals surface area contributed by atoms with E-state index in [1.807, 2.05) is 36.4 Å². The van der Waals surface area contributed by atoms with E-state index in [0.29, 0.717) is 0 Å². The number of hydrogen-bond acceptors (Lipinski definition) is 3. The SMILES string of the molecule is C=CCCCC(Sc1ccccc1)C(=O)OC. The molecule has 0 fully saturated rings. The zero-order valence-corrected chi connectivity index (χ0v) is 10.9. The lowest BCUT2D eigenvalue weighted by molar-refractivity contribution is -0.140. The van der Waals surface area contributed by atoms with Crippen LogP contribution in [0, 0.1) is 0 Å². The Hall–Kier alpha value is -1.22. The van der Waals surface area contributed by atoms with Gasteiger partial charge in [-0.15, -0.1) is 18.3 Å². The van der Waals surface area contributed by atoms with Gasteiger partial charge >= 0.3 is 5.97 Å². The number of methoxy groups -OCH3 is 1. The Kier molecular flexibility index (Phi) is 6.48. The molecular formula is C14H18O2S. The normalized spacial score (nSPS) is 11.8. The molecule has 0 aliphatic carbocycles. The lowest BCUT2D eigenvalue weighted by Crippen LogP contribution is -2.18. The highest BCUT2D eigenvalue weighted by Gasteiger charge is 2.19. The minimum absolute atomic E-state index is 0.123. The van der Waals surface area contributed by atoms with Crippen LogP contribution in [-0.2, 0) is 9.53 Å². The number of carbonyl (C=O) groups excluding carboxylic acids is 1. The Labute approximate surface area is 107 Å². The quantitative estimate of drug-likeness (QED) is 0.319. The molecule has 0 amide bonds. The summed E-state index contributed by atoms with van der Waals surface area (Å²) in [4.78, 5) is 12.7. The van der Waals surface area contributed by atoms with Crippen molar-refractivity contribution < 1.29 is 9.53 Å². The lowest BCUT2D eigenvalue weighted by atomic mass is 10.2. The number of carbonyl (C=O) groups is 1. The second kappa shape index (κ2) is 7.96. The predicted molar refractivity (Wildman–Crippen MR) is 72.2 cm³/mol. The number of allylic oxidation sites excluding steroid dienone is 1. The number of thioether (sulfide) groups is 1. The maximum atomic E-state index is 11.6. The Bertz CT molecular complexity index is 348. The van der Waals surface area contributed by atoms with Crippen LogP contribution >= 0.6 is 11.8 Å². The van der Waals surface area contributed by atoms with Crippen LogP contribution in [0.1, 0.15) is 19.3 Å². The molecule has 1 atom stereocenters. The van der Waals surface area contributed by atoms with Crippen molar-refractivity contribution in [1.82, 2.24) is 0 Å². The Balaban J connectivity index is 2.57. The van der Waals surface area contributed by atoms with Gasteiger partial charge in [-0.3, -0.25) is 4.79 Å². The summed E-state index contributed by atoms with van der Waals surface area (Å²) >= 11 is 1.56. The van der Waals surface area contributed by atoms with Crippen molar-refractivity contribution in [1.29, 1.82) is 0 Å². The molecule has 0 radical (unpaired) electrons. The highest BCUT2D eigenvalue weighted by atomic mass is 32.2. The number of hydrogen-bond donors (Lipinski definition) is 0. The molecule has 17 heavy (non-hydrogen) atoms. The summed E-state index contributed by atoms with van der Waals surface area (Å²) < 4.78 is 4.83. The molecular weight excluding hydrogens is 232 g/mol. The highest BCUT2D eigenvalue weighted by Crippen LogP contribution is 2.27. The second-order valence-corrected chi connectivity index (χ2v) is 4.94. The fourth-order valence-corrected chi connectivity index (χ4v) is 2.59. The van der Waals surface area contributed by atoms with Gasteiger partial charge in [-0.25, -0.2) is 0 Å². The first-order chi connectivity index (χ1) is 8.27. The monoisotopic (exact) mass is 250 g/mol. The molecule has 0 spiro atoms. The van der Waals surface area contributed by atoms with E-state index >= 15 is 0 Å². The largest absolute Gasteiger partial charge is 0.468 e. The minimum atomic E-state index is -0.150. The standard InChI is InChI=1S/C14H18O2S/c1-3-4-6-11-13(14(15)16-2)17-12-9-7-5-8-10-12/h3,5,7-10,13H,1,4,6,11H2,2H3. The van der Waals surface area contributed by atoms with E-state index in [4.69, 9.17) is 4.74 Å². The average molecular weight is 250 g/mol. The smallest absolute Gasteiger partial charge is 0.319 e. The van der Waals surface area contributed by atoms with Gasteiger partial charge in [0.2, 0.25) is 0 Å². The van der Waals surface area contributed by atoms with Gasteiger partial charge in [-0.2, -0.15) is 0 Å². The van der Waals surface area contributed by atoms with E-state index in [1.165, 1.54) is 7.11 Å². The predicted octanol–water partition coefficient (Wildman–Crippen LogP) is 3.68. The number of rotatable bonds is 7. The van der Waals surface area contributed by atoms with Gasteiger partial charge in [-0.1, -0.05) is 24.3 Å². The molecule has 0 aliphatic rings. The zero-order valence-electron chi connectivity index (χ0n) is 10.1. The van der Waals surface area contributed by atoms with Crippen molar-refractivity contribution in [2.45, 2.75) is 29.4 Å². The molecule has 1 unspecified atom stereocenters. The first-order valence-electron chi connectivity index (χ1n) is 5.68. The fraction of sp³-hybridized carbons (Fsp3) is 0.357. The first kappa shape index (κ1) is 13.8. The first-order valence-corrected chi connectivity index (χ1v) is 6.56. The van der Waals surface area contributed by atoms with Crippen molar-refractivity contribution in [3.63, 3.8) is 0 Å². The Morgan fingerprint density at radius 2 is 2.18 bits per heavy atom. The summed E-state index contributed by atoms with van der Waals surface area (Å²) in [5.74, 6) is -0.150. The number of esters is 1. The highest BCUT2D eigenvalue weighted by molar-refractivity contribution is 8.00. The number of ether oxygens (including phenoxy) is 1. The van der Waals surface area contributed by atoms with Gasteiger partial charge in [-0.05, 0) is 31.4 Å². The van der Waals surface area contributed by atoms with E-state index in [0.717, 1.165) is 24.2 Å². The van der Waals surface area contributed by atoms with Gasteiger partial charge < -0.3 is 4.74 Å². The summed E-state index contributed by atoms with van der Waals surface area (Å²) in [6.45, 7) is 3.68. The van der Waals surface area contributed by atoms with Crippen molar-refractivity contribution >= 4 is 17.7 Å². The van der Waals surface area contributed by atoms with Crippen LogP contribution in [0.3, 0.4) is 0 Å². The van der Waals surface area contributed by atoms with Crippen LogP contribution in [0.25, 0.3) is 0 Å². The Morgan fingerprint density at radius 3 is 2.76 bits per heavy atom. The summed E-state index contributed by atoms with van der Waals surface area (Å²) in [7, 11) is 1.44. The maximum absolute atomic E-state index is 11.6. The molecule has 1 rings (SSSR count). The molecule has 0 aromatic heterocycles.